The van der Waals surface area contributed by atoms with Gasteiger partial charge >= 0.3 is 0 Å². The van der Waals surface area contributed by atoms with Crippen LogP contribution in [0.4, 0.5) is 0 Å². The van der Waals surface area contributed by atoms with Crippen molar-refractivity contribution >= 4 is 5.57 Å². The Labute approximate surface area is 202 Å². The molecule has 0 saturated heterocycles. The second-order valence-corrected chi connectivity index (χ2v) is 8.91. The third kappa shape index (κ3) is 6.07. The molecule has 1 N–H and O–H groups in total. The lowest BCUT2D eigenvalue weighted by Crippen LogP contribution is -2.28. The van der Waals surface area contributed by atoms with Crippen molar-refractivity contribution in [1.29, 1.82) is 0 Å². The van der Waals surface area contributed by atoms with Gasteiger partial charge in [0.1, 0.15) is 24.7 Å². The topological polar surface area (TPSA) is 47.9 Å². The molecule has 34 heavy (non-hydrogen) atoms. The number of rotatable bonds is 2. The van der Waals surface area contributed by atoms with Gasteiger partial charge in [-0.2, -0.15) is 0 Å². The van der Waals surface area contributed by atoms with Crippen LogP contribution in [0.2, 0.25) is 0 Å². The van der Waals surface area contributed by atoms with Gasteiger partial charge in [0, 0.05) is 0 Å². The van der Waals surface area contributed by atoms with E-state index in [1.54, 1.807) is 0 Å². The molecule has 4 rings (SSSR count). The molecule has 1 heterocycles. The van der Waals surface area contributed by atoms with Crippen molar-refractivity contribution in [3.63, 3.8) is 0 Å². The van der Waals surface area contributed by atoms with Crippen LogP contribution < -0.4 is 9.47 Å². The minimum absolute atomic E-state index is 0.472. The fourth-order valence-corrected chi connectivity index (χ4v) is 4.39. The van der Waals surface area contributed by atoms with E-state index in [-0.39, 0.29) is 0 Å². The standard InChI is InChI=1S/C30H34O4/c1-23(2)24-11-13-27(14-12-24)30(31)17-15-25-7-3-5-9-28(25)33-21-19-32-20-22-34-29-10-6-4-8-26(29)16-18-30/h3-14,31H,1,15-22H2,2H3. The average Bonchev–Trinajstić information content (AvgIpc) is 2.86. The van der Waals surface area contributed by atoms with E-state index in [0.717, 1.165) is 39.3 Å². The molecule has 4 nitrogen and oxygen atoms in total. The first-order valence-electron chi connectivity index (χ1n) is 12.0. The Bertz CT molecular complexity index is 1030. The molecule has 0 spiro atoms. The molecule has 178 valence electrons. The molecule has 0 saturated carbocycles. The van der Waals surface area contributed by atoms with E-state index in [2.05, 4.69) is 18.7 Å². The molecule has 1 aliphatic heterocycles. The van der Waals surface area contributed by atoms with Crippen LogP contribution in [0.25, 0.3) is 5.57 Å². The van der Waals surface area contributed by atoms with E-state index in [0.29, 0.717) is 52.1 Å². The van der Waals surface area contributed by atoms with Gasteiger partial charge in [-0.05, 0) is 67.0 Å². The normalized spacial score (nSPS) is 16.9. The van der Waals surface area contributed by atoms with Crippen molar-refractivity contribution in [3.05, 3.63) is 102 Å². The molecule has 0 atom stereocenters. The lowest BCUT2D eigenvalue weighted by atomic mass is 9.82. The van der Waals surface area contributed by atoms with Crippen LogP contribution in [-0.4, -0.2) is 31.5 Å². The third-order valence-corrected chi connectivity index (χ3v) is 6.45. The van der Waals surface area contributed by atoms with Crippen LogP contribution in [0, 0.1) is 0 Å². The second-order valence-electron chi connectivity index (χ2n) is 8.91. The fourth-order valence-electron chi connectivity index (χ4n) is 4.39. The summed E-state index contributed by atoms with van der Waals surface area (Å²) in [5.74, 6) is 1.69. The number of para-hydroxylation sites is 2. The molecule has 3 aromatic rings. The highest BCUT2D eigenvalue weighted by Gasteiger charge is 2.30. The predicted octanol–water partition coefficient (Wildman–Crippen LogP) is 5.96. The summed E-state index contributed by atoms with van der Waals surface area (Å²) < 4.78 is 17.7. The molecule has 4 heteroatoms. The number of hydrogen-bond donors (Lipinski definition) is 1. The first-order valence-corrected chi connectivity index (χ1v) is 12.0. The molecular weight excluding hydrogens is 424 g/mol. The molecule has 1 aliphatic rings. The lowest BCUT2D eigenvalue weighted by molar-refractivity contribution is 0.0183. The van der Waals surface area contributed by atoms with Crippen molar-refractivity contribution in [2.75, 3.05) is 26.4 Å². The van der Waals surface area contributed by atoms with Gasteiger partial charge in [0.2, 0.25) is 0 Å². The van der Waals surface area contributed by atoms with Crippen molar-refractivity contribution in [2.45, 2.75) is 38.2 Å². The predicted molar refractivity (Wildman–Crippen MR) is 136 cm³/mol. The van der Waals surface area contributed by atoms with Crippen LogP contribution in [0.5, 0.6) is 11.5 Å². The smallest absolute Gasteiger partial charge is 0.122 e. The summed E-state index contributed by atoms with van der Waals surface area (Å²) in [6.45, 7) is 7.97. The molecule has 0 aromatic heterocycles. The van der Waals surface area contributed by atoms with Gasteiger partial charge in [0.25, 0.3) is 0 Å². The maximum atomic E-state index is 12.0. The van der Waals surface area contributed by atoms with Crippen molar-refractivity contribution in [1.82, 2.24) is 0 Å². The molecule has 0 unspecified atom stereocenters. The van der Waals surface area contributed by atoms with E-state index in [1.165, 1.54) is 0 Å². The van der Waals surface area contributed by atoms with Crippen LogP contribution >= 0.6 is 0 Å². The highest BCUT2D eigenvalue weighted by Crippen LogP contribution is 2.35. The van der Waals surface area contributed by atoms with E-state index >= 15 is 0 Å². The largest absolute Gasteiger partial charge is 0.491 e. The SMILES string of the molecule is C=C(C)c1ccc(C2(O)CCc3ccccc3OCCOCCOc3ccccc3CC2)cc1. The van der Waals surface area contributed by atoms with Crippen molar-refractivity contribution < 1.29 is 19.3 Å². The van der Waals surface area contributed by atoms with Gasteiger partial charge in [0.05, 0.1) is 18.8 Å². The zero-order valence-electron chi connectivity index (χ0n) is 20.0. The summed E-state index contributed by atoms with van der Waals surface area (Å²) in [5, 5.41) is 12.0. The van der Waals surface area contributed by atoms with Crippen LogP contribution in [0.15, 0.2) is 79.4 Å². The maximum absolute atomic E-state index is 12.0. The van der Waals surface area contributed by atoms with Crippen LogP contribution in [0.1, 0.15) is 42.0 Å². The van der Waals surface area contributed by atoms with Crippen molar-refractivity contribution in [3.8, 4) is 11.5 Å². The Balaban J connectivity index is 1.65. The molecule has 0 radical (unpaired) electrons. The number of hydrogen-bond acceptors (Lipinski definition) is 4. The quantitative estimate of drug-likeness (QED) is 0.515. The van der Waals surface area contributed by atoms with Crippen molar-refractivity contribution in [2.24, 2.45) is 0 Å². The Hall–Kier alpha value is -3.08. The Morgan fingerprint density at radius 3 is 1.74 bits per heavy atom. The van der Waals surface area contributed by atoms with Crippen LogP contribution in [0.3, 0.4) is 0 Å². The number of fused-ring (bicyclic) bond motifs is 2. The summed E-state index contributed by atoms with van der Waals surface area (Å²) in [6, 6.07) is 24.3. The van der Waals surface area contributed by atoms with E-state index in [4.69, 9.17) is 14.2 Å². The summed E-state index contributed by atoms with van der Waals surface area (Å²) in [4.78, 5) is 0. The van der Waals surface area contributed by atoms with Gasteiger partial charge in [-0.3, -0.25) is 0 Å². The Kier molecular flexibility index (Phi) is 8.04. The maximum Gasteiger partial charge on any atom is 0.122 e. The summed E-state index contributed by atoms with van der Waals surface area (Å²) in [6.07, 6.45) is 2.57. The first kappa shape index (κ1) is 24.1. The molecule has 0 fully saturated rings. The second kappa shape index (κ2) is 11.4. The van der Waals surface area contributed by atoms with E-state index in [1.807, 2.05) is 67.6 Å². The molecule has 0 amide bonds. The number of aliphatic hydroxyl groups is 1. The molecular formula is C30H34O4. The van der Waals surface area contributed by atoms with Gasteiger partial charge in [-0.25, -0.2) is 0 Å². The zero-order chi connectivity index (χ0) is 23.8. The zero-order valence-corrected chi connectivity index (χ0v) is 20.0. The van der Waals surface area contributed by atoms with Gasteiger partial charge < -0.3 is 19.3 Å². The molecule has 0 bridgehead atoms. The minimum atomic E-state index is -0.992. The Morgan fingerprint density at radius 1 is 0.735 bits per heavy atom. The highest BCUT2D eigenvalue weighted by molar-refractivity contribution is 5.61. The number of allylic oxidation sites excluding steroid dienone is 1. The minimum Gasteiger partial charge on any atom is -0.491 e. The van der Waals surface area contributed by atoms with E-state index < -0.39 is 5.60 Å². The number of ether oxygens (including phenoxy) is 3. The monoisotopic (exact) mass is 458 g/mol. The van der Waals surface area contributed by atoms with Gasteiger partial charge in [-0.1, -0.05) is 72.8 Å². The average molecular weight is 459 g/mol. The summed E-state index contributed by atoms with van der Waals surface area (Å²) >= 11 is 0. The lowest BCUT2D eigenvalue weighted by Gasteiger charge is -2.30. The van der Waals surface area contributed by atoms with Crippen LogP contribution in [-0.2, 0) is 23.2 Å². The highest BCUT2D eigenvalue weighted by atomic mass is 16.5. The first-order chi connectivity index (χ1) is 16.5. The molecule has 3 aromatic carbocycles. The van der Waals surface area contributed by atoms with Gasteiger partial charge in [0.15, 0.2) is 0 Å². The number of benzene rings is 3. The van der Waals surface area contributed by atoms with Gasteiger partial charge in [-0.15, -0.1) is 0 Å². The fraction of sp³-hybridized carbons (Fsp3) is 0.333. The third-order valence-electron chi connectivity index (χ3n) is 6.45. The van der Waals surface area contributed by atoms with E-state index in [9.17, 15) is 5.11 Å². The number of aryl methyl sites for hydroxylation is 2. The molecule has 0 aliphatic carbocycles. The Morgan fingerprint density at radius 2 is 1.24 bits per heavy atom. The summed E-state index contributed by atoms with van der Waals surface area (Å²) in [7, 11) is 0. The summed E-state index contributed by atoms with van der Waals surface area (Å²) in [5.41, 5.74) is 4.21.